The summed E-state index contributed by atoms with van der Waals surface area (Å²) in [6, 6.07) is 16.5. The first kappa shape index (κ1) is 26.6. The maximum Gasteiger partial charge on any atom is 0.304 e. The number of carboxylic acids is 1. The number of fused-ring (bicyclic) bond motifs is 2. The molecule has 39 heavy (non-hydrogen) atoms. The molecular weight excluding hydrogens is 488 g/mol. The Morgan fingerprint density at radius 3 is 2.38 bits per heavy atom. The number of hydrogen-bond acceptors (Lipinski definition) is 4. The molecule has 5 rings (SSSR count). The van der Waals surface area contributed by atoms with Crippen molar-refractivity contribution >= 4 is 22.9 Å². The van der Waals surface area contributed by atoms with Crippen LogP contribution >= 0.6 is 0 Å². The molecule has 0 spiro atoms. The average molecular weight is 525 g/mol. The summed E-state index contributed by atoms with van der Waals surface area (Å²) >= 11 is 0. The van der Waals surface area contributed by atoms with Gasteiger partial charge in [-0.25, -0.2) is 4.68 Å². The topological polar surface area (TPSA) is 88.3 Å². The quantitative estimate of drug-likeness (QED) is 0.320. The molecule has 0 aliphatic carbocycles. The first-order valence-electron chi connectivity index (χ1n) is 13.9. The maximum atomic E-state index is 13.6. The molecule has 1 N–H and O–H groups in total. The highest BCUT2D eigenvalue weighted by Gasteiger charge is 2.26. The van der Waals surface area contributed by atoms with E-state index in [1.54, 1.807) is 0 Å². The van der Waals surface area contributed by atoms with Crippen LogP contribution in [-0.4, -0.2) is 43.4 Å². The first-order valence-corrected chi connectivity index (χ1v) is 13.9. The van der Waals surface area contributed by atoms with Crippen molar-refractivity contribution < 1.29 is 14.7 Å². The van der Waals surface area contributed by atoms with Gasteiger partial charge in [-0.2, -0.15) is 0 Å². The second-order valence-corrected chi connectivity index (χ2v) is 10.5. The fourth-order valence-corrected chi connectivity index (χ4v) is 5.82. The Morgan fingerprint density at radius 1 is 0.974 bits per heavy atom. The Morgan fingerprint density at radius 2 is 1.72 bits per heavy atom. The van der Waals surface area contributed by atoms with E-state index in [0.29, 0.717) is 13.1 Å². The first-order chi connectivity index (χ1) is 18.8. The van der Waals surface area contributed by atoms with Crippen molar-refractivity contribution in [1.82, 2.24) is 19.9 Å². The smallest absolute Gasteiger partial charge is 0.304 e. The monoisotopic (exact) mass is 524 g/mol. The largest absolute Gasteiger partial charge is 0.481 e. The van der Waals surface area contributed by atoms with Crippen molar-refractivity contribution in [3.8, 4) is 0 Å². The van der Waals surface area contributed by atoms with Crippen LogP contribution in [0.5, 0.6) is 0 Å². The van der Waals surface area contributed by atoms with Crippen molar-refractivity contribution in [3.63, 3.8) is 0 Å². The molecule has 0 fully saturated rings. The second-order valence-electron chi connectivity index (χ2n) is 10.5. The normalized spacial score (nSPS) is 13.9. The van der Waals surface area contributed by atoms with Crippen LogP contribution in [0.1, 0.15) is 82.4 Å². The summed E-state index contributed by atoms with van der Waals surface area (Å²) in [5.74, 6) is -1.13. The van der Waals surface area contributed by atoms with Gasteiger partial charge < -0.3 is 10.0 Å². The fraction of sp³-hybridized carbons (Fsp3) is 0.375. The van der Waals surface area contributed by atoms with E-state index in [1.807, 2.05) is 47.7 Å². The number of nitrogens with zero attached hydrogens (tertiary/aromatic N) is 4. The molecule has 7 heteroatoms. The summed E-state index contributed by atoms with van der Waals surface area (Å²) in [6.07, 6.45) is 2.54. The van der Waals surface area contributed by atoms with Gasteiger partial charge in [-0.15, -0.1) is 5.10 Å². The Balaban J connectivity index is 1.48. The van der Waals surface area contributed by atoms with Crippen molar-refractivity contribution in [2.45, 2.75) is 72.4 Å². The lowest BCUT2D eigenvalue weighted by atomic mass is 9.83. The molecule has 202 valence electrons. The Hall–Kier alpha value is -4.00. The van der Waals surface area contributed by atoms with Crippen LogP contribution < -0.4 is 0 Å². The van der Waals surface area contributed by atoms with Gasteiger partial charge in [-0.05, 0) is 90.3 Å². The van der Waals surface area contributed by atoms with Gasteiger partial charge in [-0.3, -0.25) is 9.59 Å². The van der Waals surface area contributed by atoms with E-state index in [0.717, 1.165) is 64.7 Å². The standard InChI is InChI=1S/C32H36N4O3/c1-5-21-14-22(6-2)16-25(15-21)32(39)35-13-12-23-8-9-24(17-26(23)19-35)28(18-30(37)38)27-10-11-29-31(20(27)4)33-34-36(29)7-3/h8-11,14-17,28H,5-7,12-13,18-19H2,1-4H3,(H,37,38). The van der Waals surface area contributed by atoms with Crippen molar-refractivity contribution in [2.75, 3.05) is 6.54 Å². The minimum atomic E-state index is -0.853. The number of carboxylic acid groups (broad SMARTS) is 1. The zero-order valence-electron chi connectivity index (χ0n) is 23.2. The number of aromatic nitrogens is 3. The molecule has 7 nitrogen and oxygen atoms in total. The highest BCUT2D eigenvalue weighted by atomic mass is 16.4. The molecule has 1 aliphatic rings. The SMILES string of the molecule is CCc1cc(CC)cc(C(=O)N2CCc3ccc(C(CC(=O)O)c4ccc5c(nnn5CC)c4C)cc3C2)c1. The van der Waals surface area contributed by atoms with Gasteiger partial charge in [0.05, 0.1) is 11.9 Å². The number of rotatable bonds is 8. The van der Waals surface area contributed by atoms with Crippen LogP contribution in [0.15, 0.2) is 48.5 Å². The molecule has 2 heterocycles. The molecule has 0 saturated carbocycles. The predicted molar refractivity (Wildman–Crippen MR) is 152 cm³/mol. The van der Waals surface area contributed by atoms with E-state index in [-0.39, 0.29) is 18.2 Å². The molecule has 3 aromatic carbocycles. The summed E-state index contributed by atoms with van der Waals surface area (Å²) < 4.78 is 1.85. The highest BCUT2D eigenvalue weighted by Crippen LogP contribution is 2.35. The van der Waals surface area contributed by atoms with E-state index in [2.05, 4.69) is 48.4 Å². The van der Waals surface area contributed by atoms with Gasteiger partial charge in [-0.1, -0.05) is 49.4 Å². The molecule has 1 aromatic heterocycles. The second kappa shape index (κ2) is 11.0. The molecule has 0 saturated heterocycles. The maximum absolute atomic E-state index is 13.6. The molecular formula is C32H36N4O3. The van der Waals surface area contributed by atoms with Crippen LogP contribution in [0.4, 0.5) is 0 Å². The molecule has 0 bridgehead atoms. The number of carbonyl (C=O) groups is 2. The number of benzene rings is 3. The van der Waals surface area contributed by atoms with Crippen molar-refractivity contribution in [2.24, 2.45) is 0 Å². The van der Waals surface area contributed by atoms with Crippen LogP contribution in [0.3, 0.4) is 0 Å². The Labute approximate surface area is 229 Å². The van der Waals surface area contributed by atoms with Crippen LogP contribution in [0.25, 0.3) is 11.0 Å². The van der Waals surface area contributed by atoms with Crippen LogP contribution in [0, 0.1) is 6.92 Å². The minimum Gasteiger partial charge on any atom is -0.481 e. The summed E-state index contributed by atoms with van der Waals surface area (Å²) in [6.45, 7) is 10.1. The lowest BCUT2D eigenvalue weighted by Crippen LogP contribution is -2.36. The number of carbonyl (C=O) groups excluding carboxylic acids is 1. The lowest BCUT2D eigenvalue weighted by molar-refractivity contribution is -0.137. The summed E-state index contributed by atoms with van der Waals surface area (Å²) in [7, 11) is 0. The van der Waals surface area contributed by atoms with E-state index in [9.17, 15) is 14.7 Å². The van der Waals surface area contributed by atoms with Gasteiger partial charge >= 0.3 is 5.97 Å². The van der Waals surface area contributed by atoms with Gasteiger partial charge in [0.1, 0.15) is 5.52 Å². The number of hydrogen-bond donors (Lipinski definition) is 1. The zero-order chi connectivity index (χ0) is 27.7. The Kier molecular flexibility index (Phi) is 7.51. The van der Waals surface area contributed by atoms with Crippen LogP contribution in [-0.2, 0) is 37.1 Å². The summed E-state index contributed by atoms with van der Waals surface area (Å²) in [5.41, 5.74) is 10.0. The average Bonchev–Trinajstić information content (AvgIpc) is 3.39. The predicted octanol–water partition coefficient (Wildman–Crippen LogP) is 5.69. The molecule has 1 unspecified atom stereocenters. The van der Waals surface area contributed by atoms with Gasteiger partial charge in [0.25, 0.3) is 5.91 Å². The number of aryl methyl sites for hydroxylation is 4. The van der Waals surface area contributed by atoms with Crippen molar-refractivity contribution in [1.29, 1.82) is 0 Å². The molecule has 0 radical (unpaired) electrons. The summed E-state index contributed by atoms with van der Waals surface area (Å²) in [5, 5.41) is 18.5. The van der Waals surface area contributed by atoms with E-state index in [4.69, 9.17) is 0 Å². The van der Waals surface area contributed by atoms with Gasteiger partial charge in [0.2, 0.25) is 0 Å². The Bertz CT molecular complexity index is 1530. The minimum absolute atomic E-state index is 0.0285. The van der Waals surface area contributed by atoms with E-state index in [1.165, 1.54) is 16.7 Å². The molecule has 4 aromatic rings. The number of amides is 1. The van der Waals surface area contributed by atoms with Crippen molar-refractivity contribution in [3.05, 3.63) is 93.0 Å². The molecule has 1 atom stereocenters. The zero-order valence-corrected chi connectivity index (χ0v) is 23.2. The lowest BCUT2D eigenvalue weighted by Gasteiger charge is -2.30. The molecule has 1 aliphatic heterocycles. The third kappa shape index (κ3) is 5.18. The fourth-order valence-electron chi connectivity index (χ4n) is 5.82. The summed E-state index contributed by atoms with van der Waals surface area (Å²) in [4.78, 5) is 27.5. The third-order valence-electron chi connectivity index (χ3n) is 8.08. The number of aliphatic carboxylic acids is 1. The van der Waals surface area contributed by atoms with Gasteiger partial charge in [0, 0.05) is 31.1 Å². The van der Waals surface area contributed by atoms with Crippen LogP contribution in [0.2, 0.25) is 0 Å². The molecule has 1 amide bonds. The van der Waals surface area contributed by atoms with E-state index >= 15 is 0 Å². The van der Waals surface area contributed by atoms with Gasteiger partial charge in [0.15, 0.2) is 0 Å². The highest BCUT2D eigenvalue weighted by molar-refractivity contribution is 5.94. The van der Waals surface area contributed by atoms with E-state index < -0.39 is 5.97 Å². The third-order valence-corrected chi connectivity index (χ3v) is 8.08.